The van der Waals surface area contributed by atoms with Crippen LogP contribution >= 0.6 is 0 Å². The zero-order chi connectivity index (χ0) is 19.1. The topological polar surface area (TPSA) is 104 Å². The Morgan fingerprint density at radius 1 is 1.23 bits per heavy atom. The van der Waals surface area contributed by atoms with Crippen LogP contribution < -0.4 is 14.2 Å². The van der Waals surface area contributed by atoms with E-state index in [9.17, 15) is 5.26 Å². The molecular weight excluding hydrogens is 332 g/mol. The van der Waals surface area contributed by atoms with Crippen LogP contribution in [0.5, 0.6) is 17.4 Å². The Labute approximate surface area is 152 Å². The first-order valence-corrected chi connectivity index (χ1v) is 8.28. The van der Waals surface area contributed by atoms with E-state index in [1.807, 2.05) is 12.1 Å². The van der Waals surface area contributed by atoms with Crippen LogP contribution in [0, 0.1) is 22.7 Å². The van der Waals surface area contributed by atoms with Gasteiger partial charge in [-0.05, 0) is 17.7 Å². The zero-order valence-electron chi connectivity index (χ0n) is 15.5. The molecule has 2 heterocycles. The minimum Gasteiger partial charge on any atom is -0.493 e. The third kappa shape index (κ3) is 2.77. The zero-order valence-corrected chi connectivity index (χ0v) is 15.5. The van der Waals surface area contributed by atoms with Crippen molar-refractivity contribution in [2.24, 2.45) is 5.92 Å². The van der Waals surface area contributed by atoms with Crippen molar-refractivity contribution < 1.29 is 14.2 Å². The van der Waals surface area contributed by atoms with Crippen LogP contribution in [0.2, 0.25) is 0 Å². The van der Waals surface area contributed by atoms with E-state index in [1.165, 1.54) is 0 Å². The Morgan fingerprint density at radius 3 is 2.50 bits per heavy atom. The molecule has 7 nitrogen and oxygen atoms in total. The van der Waals surface area contributed by atoms with Crippen LogP contribution in [0.1, 0.15) is 43.5 Å². The van der Waals surface area contributed by atoms with Crippen molar-refractivity contribution in [1.82, 2.24) is 10.2 Å². The lowest BCUT2D eigenvalue weighted by atomic mass is 9.76. The third-order valence-corrected chi connectivity index (χ3v) is 4.56. The summed E-state index contributed by atoms with van der Waals surface area (Å²) in [5.74, 6) is 0.290. The van der Waals surface area contributed by atoms with E-state index < -0.39 is 5.92 Å². The molecule has 3 rings (SSSR count). The van der Waals surface area contributed by atoms with Gasteiger partial charge in [-0.25, -0.2) is 0 Å². The van der Waals surface area contributed by atoms with Gasteiger partial charge in [0.2, 0.25) is 11.8 Å². The lowest BCUT2D eigenvalue weighted by Gasteiger charge is -2.30. The summed E-state index contributed by atoms with van der Waals surface area (Å²) in [5, 5.41) is 25.1. The second kappa shape index (κ2) is 6.37. The molecule has 0 aliphatic carbocycles. The third-order valence-electron chi connectivity index (χ3n) is 4.56. The molecule has 0 saturated heterocycles. The highest BCUT2D eigenvalue weighted by Gasteiger charge is 2.42. The van der Waals surface area contributed by atoms with Gasteiger partial charge >= 0.3 is 0 Å². The minimum atomic E-state index is -0.751. The number of hydrogen-bond acceptors (Lipinski definition) is 6. The van der Waals surface area contributed by atoms with Crippen LogP contribution in [-0.4, -0.2) is 30.3 Å². The Morgan fingerprint density at radius 2 is 1.92 bits per heavy atom. The molecule has 7 heteroatoms. The number of hydrogen-bond donors (Lipinski definition) is 2. The molecule has 0 amide bonds. The molecule has 0 spiro atoms. The van der Waals surface area contributed by atoms with Gasteiger partial charge in [0.05, 0.1) is 20.3 Å². The number of nitriles is 1. The first-order chi connectivity index (χ1) is 12.3. The van der Waals surface area contributed by atoms with Gasteiger partial charge in [0, 0.05) is 22.6 Å². The molecule has 0 bridgehead atoms. The monoisotopic (exact) mass is 354 g/mol. The number of fused-ring (bicyclic) bond motifs is 1. The quantitative estimate of drug-likeness (QED) is 0.879. The van der Waals surface area contributed by atoms with Crippen LogP contribution in [-0.2, 0) is 5.41 Å². The maximum absolute atomic E-state index is 9.72. The summed E-state index contributed by atoms with van der Waals surface area (Å²) in [6.07, 6.45) is 0. The molecule has 1 aliphatic rings. The number of aromatic nitrogens is 2. The van der Waals surface area contributed by atoms with E-state index in [1.54, 1.807) is 20.3 Å². The largest absolute Gasteiger partial charge is 0.493 e. The number of nitrogens with zero attached hydrogens (tertiary/aromatic N) is 2. The molecule has 2 atom stereocenters. The molecule has 26 heavy (non-hydrogen) atoms. The van der Waals surface area contributed by atoms with Gasteiger partial charge in [-0.1, -0.05) is 26.8 Å². The predicted molar refractivity (Wildman–Crippen MR) is 96.1 cm³/mol. The van der Waals surface area contributed by atoms with E-state index >= 15 is 0 Å². The normalized spacial score (nSPS) is 19.3. The number of methoxy groups -OCH3 is 2. The number of H-pyrrole nitrogens is 1. The van der Waals surface area contributed by atoms with E-state index in [-0.39, 0.29) is 17.2 Å². The fourth-order valence-corrected chi connectivity index (χ4v) is 3.30. The average molecular weight is 354 g/mol. The Bertz CT molecular complexity index is 889. The maximum atomic E-state index is 9.72. The summed E-state index contributed by atoms with van der Waals surface area (Å²) < 4.78 is 16.3. The standard InChI is InChI=1S/C19H22N4O3/c1-19(2,3)16-15-14(10-6-7-12(24-4)13(8-10)25-5)11(9-20)17(21)26-18(15)23-22-16/h6-8,11,14,21H,1-5H3,(H,22,23). The van der Waals surface area contributed by atoms with Crippen LogP contribution in [0.3, 0.4) is 0 Å². The van der Waals surface area contributed by atoms with E-state index in [0.29, 0.717) is 17.4 Å². The molecular formula is C19H22N4O3. The molecule has 136 valence electrons. The number of rotatable bonds is 3. The van der Waals surface area contributed by atoms with Gasteiger partial charge in [-0.3, -0.25) is 10.5 Å². The summed E-state index contributed by atoms with van der Waals surface area (Å²) in [6, 6.07) is 7.75. The van der Waals surface area contributed by atoms with Crippen molar-refractivity contribution in [1.29, 1.82) is 10.7 Å². The number of nitrogens with one attached hydrogen (secondary N) is 2. The fraction of sp³-hybridized carbons (Fsp3) is 0.421. The summed E-state index contributed by atoms with van der Waals surface area (Å²) in [6.45, 7) is 6.19. The SMILES string of the molecule is COc1ccc(C2c3c(n[nH]c3C(C)(C)C)OC(=N)C2C#N)cc1OC. The van der Waals surface area contributed by atoms with Crippen molar-refractivity contribution in [2.75, 3.05) is 14.2 Å². The fourth-order valence-electron chi connectivity index (χ4n) is 3.30. The molecule has 0 fully saturated rings. The molecule has 1 aromatic heterocycles. The highest BCUT2D eigenvalue weighted by atomic mass is 16.5. The number of aromatic amines is 1. The molecule has 2 aromatic rings. The predicted octanol–water partition coefficient (Wildman–Crippen LogP) is 3.37. The van der Waals surface area contributed by atoms with Gasteiger partial charge in [0.1, 0.15) is 5.92 Å². The Hall–Kier alpha value is -3.01. The summed E-state index contributed by atoms with van der Waals surface area (Å²) in [7, 11) is 3.14. The molecule has 1 aliphatic heterocycles. The van der Waals surface area contributed by atoms with E-state index in [4.69, 9.17) is 19.6 Å². The van der Waals surface area contributed by atoms with Crippen LogP contribution in [0.15, 0.2) is 18.2 Å². The van der Waals surface area contributed by atoms with Gasteiger partial charge < -0.3 is 14.2 Å². The summed E-state index contributed by atoms with van der Waals surface area (Å²) in [4.78, 5) is 0. The Balaban J connectivity index is 2.24. The van der Waals surface area contributed by atoms with E-state index in [0.717, 1.165) is 16.8 Å². The van der Waals surface area contributed by atoms with Gasteiger partial charge in [0.25, 0.3) is 0 Å². The smallest absolute Gasteiger partial charge is 0.243 e. The van der Waals surface area contributed by atoms with Gasteiger partial charge in [-0.2, -0.15) is 5.26 Å². The van der Waals surface area contributed by atoms with Gasteiger partial charge in [0.15, 0.2) is 11.5 Å². The molecule has 2 N–H and O–H groups in total. The molecule has 0 radical (unpaired) electrons. The maximum Gasteiger partial charge on any atom is 0.243 e. The van der Waals surface area contributed by atoms with E-state index in [2.05, 4.69) is 37.0 Å². The summed E-state index contributed by atoms with van der Waals surface area (Å²) >= 11 is 0. The first kappa shape index (κ1) is 17.8. The van der Waals surface area contributed by atoms with Crippen LogP contribution in [0.4, 0.5) is 0 Å². The highest BCUT2D eigenvalue weighted by molar-refractivity contribution is 5.85. The highest BCUT2D eigenvalue weighted by Crippen LogP contribution is 2.46. The van der Waals surface area contributed by atoms with Crippen molar-refractivity contribution >= 4 is 5.90 Å². The average Bonchev–Trinajstić information content (AvgIpc) is 3.03. The van der Waals surface area contributed by atoms with Crippen molar-refractivity contribution in [3.05, 3.63) is 35.0 Å². The van der Waals surface area contributed by atoms with Crippen LogP contribution in [0.25, 0.3) is 0 Å². The lowest BCUT2D eigenvalue weighted by molar-refractivity contribution is 0.354. The van der Waals surface area contributed by atoms with Crippen molar-refractivity contribution in [3.63, 3.8) is 0 Å². The Kier molecular flexibility index (Phi) is 4.36. The van der Waals surface area contributed by atoms with Crippen molar-refractivity contribution in [3.8, 4) is 23.4 Å². The lowest BCUT2D eigenvalue weighted by Crippen LogP contribution is -2.32. The molecule has 2 unspecified atom stereocenters. The second-order valence-corrected chi connectivity index (χ2v) is 7.23. The molecule has 1 aromatic carbocycles. The minimum absolute atomic E-state index is 0.105. The number of ether oxygens (including phenoxy) is 3. The van der Waals surface area contributed by atoms with Crippen molar-refractivity contribution in [2.45, 2.75) is 32.1 Å². The first-order valence-electron chi connectivity index (χ1n) is 8.28. The summed E-state index contributed by atoms with van der Waals surface area (Å²) in [5.41, 5.74) is 2.32. The molecule has 0 saturated carbocycles. The number of benzene rings is 1. The second-order valence-electron chi connectivity index (χ2n) is 7.23. The van der Waals surface area contributed by atoms with Gasteiger partial charge in [-0.15, -0.1) is 5.10 Å².